The fourth-order valence-electron chi connectivity index (χ4n) is 5.65. The second-order valence-electron chi connectivity index (χ2n) is 9.90. The van der Waals surface area contributed by atoms with Crippen molar-refractivity contribution in [3.8, 4) is 22.8 Å². The summed E-state index contributed by atoms with van der Waals surface area (Å²) in [6, 6.07) is 3.28. The van der Waals surface area contributed by atoms with Gasteiger partial charge < -0.3 is 24.5 Å². The van der Waals surface area contributed by atoms with Gasteiger partial charge in [-0.2, -0.15) is 5.10 Å². The van der Waals surface area contributed by atoms with E-state index in [4.69, 9.17) is 21.3 Å². The standard InChI is InChI=1S/C27H26ClFN6O4/c1-4-20(37)33-8-9-34-15(10-33)13-39-25-22(27(34)38)26(35-12-18-16(14(35)2)11-32(3)31-18)30-24(23(25)28)21-17(29)6-5-7-19(21)36/h4-7,11,14-15,36H,1,8-10,12-13H2,2-3H3/t14-,15-/m1/s1. The first-order valence-corrected chi connectivity index (χ1v) is 12.9. The monoisotopic (exact) mass is 552 g/mol. The number of hydrogen-bond donors (Lipinski definition) is 1. The molecule has 0 unspecified atom stereocenters. The molecule has 2 amide bonds. The van der Waals surface area contributed by atoms with Crippen molar-refractivity contribution in [3.05, 3.63) is 64.7 Å². The van der Waals surface area contributed by atoms with E-state index in [1.165, 1.54) is 24.3 Å². The van der Waals surface area contributed by atoms with Crippen LogP contribution in [0, 0.1) is 5.82 Å². The lowest BCUT2D eigenvalue weighted by Gasteiger charge is -2.39. The minimum atomic E-state index is -0.716. The van der Waals surface area contributed by atoms with Crippen LogP contribution >= 0.6 is 11.6 Å². The molecule has 0 bridgehead atoms. The van der Waals surface area contributed by atoms with Crippen molar-refractivity contribution in [1.29, 1.82) is 0 Å². The van der Waals surface area contributed by atoms with E-state index in [-0.39, 0.29) is 76.7 Å². The molecular formula is C27H26ClFN6O4. The molecule has 6 rings (SSSR count). The Kier molecular flexibility index (Phi) is 5.98. The number of hydrogen-bond acceptors (Lipinski definition) is 7. The number of aromatic nitrogens is 3. The second kappa shape index (κ2) is 9.26. The van der Waals surface area contributed by atoms with Gasteiger partial charge in [-0.15, -0.1) is 0 Å². The molecule has 0 aliphatic carbocycles. The number of halogens is 2. The lowest BCUT2D eigenvalue weighted by molar-refractivity contribution is -0.128. The Balaban J connectivity index is 1.52. The number of anilines is 1. The molecule has 0 saturated carbocycles. The molecule has 10 nitrogen and oxygen atoms in total. The molecule has 1 fully saturated rings. The van der Waals surface area contributed by atoms with Gasteiger partial charge in [0.2, 0.25) is 5.91 Å². The van der Waals surface area contributed by atoms with Crippen LogP contribution in [-0.4, -0.2) is 73.8 Å². The molecule has 1 aromatic carbocycles. The van der Waals surface area contributed by atoms with Crippen LogP contribution in [0.15, 0.2) is 37.1 Å². The number of nitrogens with zero attached hydrogens (tertiary/aromatic N) is 6. The Hall–Kier alpha value is -4.12. The van der Waals surface area contributed by atoms with Crippen molar-refractivity contribution in [2.24, 2.45) is 7.05 Å². The molecule has 3 aliphatic heterocycles. The van der Waals surface area contributed by atoms with Crippen molar-refractivity contribution in [3.63, 3.8) is 0 Å². The molecule has 2 aromatic heterocycles. The minimum Gasteiger partial charge on any atom is -0.507 e. The number of ether oxygens (including phenoxy) is 1. The van der Waals surface area contributed by atoms with Crippen LogP contribution in [0.25, 0.3) is 11.3 Å². The van der Waals surface area contributed by atoms with Gasteiger partial charge in [-0.05, 0) is 25.1 Å². The van der Waals surface area contributed by atoms with E-state index in [2.05, 4.69) is 11.7 Å². The molecule has 2 atom stereocenters. The number of phenols is 1. The third-order valence-corrected chi connectivity index (χ3v) is 7.97. The van der Waals surface area contributed by atoms with E-state index < -0.39 is 11.9 Å². The maximum absolute atomic E-state index is 15.0. The van der Waals surface area contributed by atoms with Gasteiger partial charge >= 0.3 is 0 Å². The fraction of sp³-hybridized carbons (Fsp3) is 0.333. The van der Waals surface area contributed by atoms with Crippen molar-refractivity contribution >= 4 is 29.2 Å². The van der Waals surface area contributed by atoms with Crippen LogP contribution in [0.2, 0.25) is 5.02 Å². The third-order valence-electron chi connectivity index (χ3n) is 7.62. The van der Waals surface area contributed by atoms with Gasteiger partial charge in [0.25, 0.3) is 5.91 Å². The SMILES string of the molecule is C=CC(=O)N1CCN2C(=O)c3c(N4Cc5nn(C)cc5[C@H]4C)nc(-c4c(O)cccc4F)c(Cl)c3OC[C@H]2C1. The molecule has 202 valence electrons. The van der Waals surface area contributed by atoms with Crippen molar-refractivity contribution in [1.82, 2.24) is 24.6 Å². The normalized spacial score (nSPS) is 20.2. The Morgan fingerprint density at radius 2 is 2.08 bits per heavy atom. The van der Waals surface area contributed by atoms with Gasteiger partial charge in [0.1, 0.15) is 40.3 Å². The van der Waals surface area contributed by atoms with Gasteiger partial charge in [0.15, 0.2) is 5.75 Å². The molecular weight excluding hydrogens is 527 g/mol. The number of phenolic OH excluding ortho intramolecular Hbond substituents is 1. The molecule has 3 aromatic rings. The van der Waals surface area contributed by atoms with Crippen LogP contribution < -0.4 is 9.64 Å². The van der Waals surface area contributed by atoms with Crippen LogP contribution in [0.4, 0.5) is 10.2 Å². The number of rotatable bonds is 3. The third kappa shape index (κ3) is 3.91. The largest absolute Gasteiger partial charge is 0.507 e. The number of pyridine rings is 1. The van der Waals surface area contributed by atoms with Gasteiger partial charge in [-0.3, -0.25) is 14.3 Å². The van der Waals surface area contributed by atoms with Gasteiger partial charge in [-0.1, -0.05) is 24.2 Å². The quantitative estimate of drug-likeness (QED) is 0.497. The van der Waals surface area contributed by atoms with E-state index in [9.17, 15) is 14.7 Å². The number of carbonyl (C=O) groups excluding carboxylic acids is 2. The average molecular weight is 553 g/mol. The zero-order chi connectivity index (χ0) is 27.6. The molecule has 39 heavy (non-hydrogen) atoms. The highest BCUT2D eigenvalue weighted by molar-refractivity contribution is 6.35. The predicted octanol–water partition coefficient (Wildman–Crippen LogP) is 3.29. The number of piperazine rings is 1. The lowest BCUT2D eigenvalue weighted by Crippen LogP contribution is -2.57. The number of aromatic hydroxyl groups is 1. The second-order valence-corrected chi connectivity index (χ2v) is 10.3. The van der Waals surface area contributed by atoms with Gasteiger partial charge in [0, 0.05) is 38.4 Å². The first-order valence-electron chi connectivity index (χ1n) is 12.5. The Bertz CT molecular complexity index is 1520. The highest BCUT2D eigenvalue weighted by Gasteiger charge is 2.42. The summed E-state index contributed by atoms with van der Waals surface area (Å²) in [5.41, 5.74) is 1.76. The number of fused-ring (bicyclic) bond motifs is 3. The summed E-state index contributed by atoms with van der Waals surface area (Å²) in [5, 5.41) is 15.0. The summed E-state index contributed by atoms with van der Waals surface area (Å²) in [5.74, 6) is -1.30. The summed E-state index contributed by atoms with van der Waals surface area (Å²) in [7, 11) is 1.84. The van der Waals surface area contributed by atoms with Crippen LogP contribution in [0.1, 0.15) is 34.6 Å². The van der Waals surface area contributed by atoms with Crippen molar-refractivity contribution in [2.75, 3.05) is 31.1 Å². The van der Waals surface area contributed by atoms with Gasteiger partial charge in [-0.25, -0.2) is 9.37 Å². The Morgan fingerprint density at radius 3 is 2.79 bits per heavy atom. The molecule has 1 saturated heterocycles. The highest BCUT2D eigenvalue weighted by atomic mass is 35.5. The maximum atomic E-state index is 15.0. The van der Waals surface area contributed by atoms with Crippen LogP contribution in [-0.2, 0) is 18.4 Å². The molecule has 12 heteroatoms. The highest BCUT2D eigenvalue weighted by Crippen LogP contribution is 2.48. The molecule has 3 aliphatic rings. The number of aryl methyl sites for hydroxylation is 1. The Morgan fingerprint density at radius 1 is 1.28 bits per heavy atom. The zero-order valence-corrected chi connectivity index (χ0v) is 22.2. The van der Waals surface area contributed by atoms with E-state index in [1.54, 1.807) is 14.5 Å². The average Bonchev–Trinajstić information content (AvgIpc) is 3.38. The zero-order valence-electron chi connectivity index (χ0n) is 21.4. The Labute approximate surface area is 228 Å². The first kappa shape index (κ1) is 25.2. The molecule has 5 heterocycles. The topological polar surface area (TPSA) is 104 Å². The fourth-order valence-corrected chi connectivity index (χ4v) is 5.93. The van der Waals surface area contributed by atoms with Crippen molar-refractivity contribution < 1.29 is 23.8 Å². The van der Waals surface area contributed by atoms with Crippen LogP contribution in [0.3, 0.4) is 0 Å². The predicted molar refractivity (Wildman–Crippen MR) is 141 cm³/mol. The lowest BCUT2D eigenvalue weighted by atomic mass is 10.0. The summed E-state index contributed by atoms with van der Waals surface area (Å²) in [4.78, 5) is 36.4. The summed E-state index contributed by atoms with van der Waals surface area (Å²) in [6.07, 6.45) is 3.17. The van der Waals surface area contributed by atoms with E-state index >= 15 is 4.39 Å². The van der Waals surface area contributed by atoms with Crippen LogP contribution in [0.5, 0.6) is 11.5 Å². The van der Waals surface area contributed by atoms with Gasteiger partial charge in [0.05, 0.1) is 29.9 Å². The number of amides is 2. The van der Waals surface area contributed by atoms with E-state index in [0.717, 1.165) is 11.3 Å². The molecule has 0 radical (unpaired) electrons. The van der Waals surface area contributed by atoms with Crippen molar-refractivity contribution in [2.45, 2.75) is 25.6 Å². The number of benzene rings is 1. The maximum Gasteiger partial charge on any atom is 0.261 e. The number of carbonyl (C=O) groups is 2. The molecule has 1 N–H and O–H groups in total. The van der Waals surface area contributed by atoms with E-state index in [0.29, 0.717) is 13.1 Å². The first-order chi connectivity index (χ1) is 18.7. The summed E-state index contributed by atoms with van der Waals surface area (Å²) < 4.78 is 23.0. The van der Waals surface area contributed by atoms with E-state index in [1.807, 2.05) is 25.1 Å². The smallest absolute Gasteiger partial charge is 0.261 e. The summed E-state index contributed by atoms with van der Waals surface area (Å²) >= 11 is 6.80. The minimum absolute atomic E-state index is 0.0329. The summed E-state index contributed by atoms with van der Waals surface area (Å²) in [6.45, 7) is 6.85. The molecule has 0 spiro atoms.